The van der Waals surface area contributed by atoms with Crippen LogP contribution in [0.5, 0.6) is 5.75 Å². The number of ketones is 1. The smallest absolute Gasteiger partial charge is 0.327 e. The second kappa shape index (κ2) is 10.3. The average Bonchev–Trinajstić information content (AvgIpc) is 3.44. The van der Waals surface area contributed by atoms with Crippen LogP contribution >= 0.6 is 11.6 Å². The molecule has 0 spiro atoms. The number of anilines is 3. The SMILES string of the molecule is COc1ccccc1[C@H]1C2=C(C[C@@H](c3ccco3)CC2=O)Nc2ccccc2N1C(=O)Nc1ccc(Cl)cc1. The first-order valence-corrected chi connectivity index (χ1v) is 13.1. The van der Waals surface area contributed by atoms with E-state index in [0.29, 0.717) is 39.7 Å². The van der Waals surface area contributed by atoms with Gasteiger partial charge in [0.25, 0.3) is 0 Å². The Kier molecular flexibility index (Phi) is 6.59. The van der Waals surface area contributed by atoms with E-state index in [1.807, 2.05) is 60.7 Å². The number of urea groups is 1. The zero-order chi connectivity index (χ0) is 26.9. The molecule has 7 nitrogen and oxygen atoms in total. The third kappa shape index (κ3) is 4.66. The van der Waals surface area contributed by atoms with Gasteiger partial charge in [-0.05, 0) is 61.0 Å². The Bertz CT molecular complexity index is 1560. The van der Waals surface area contributed by atoms with Gasteiger partial charge >= 0.3 is 6.03 Å². The number of fused-ring (bicyclic) bond motifs is 1. The van der Waals surface area contributed by atoms with Gasteiger partial charge in [0.2, 0.25) is 0 Å². The van der Waals surface area contributed by atoms with Gasteiger partial charge in [-0.1, -0.05) is 41.9 Å². The molecule has 0 saturated carbocycles. The summed E-state index contributed by atoms with van der Waals surface area (Å²) in [7, 11) is 1.59. The molecule has 1 aliphatic carbocycles. The number of para-hydroxylation sites is 3. The Balaban J connectivity index is 1.54. The summed E-state index contributed by atoms with van der Waals surface area (Å²) in [5, 5.41) is 7.08. The van der Waals surface area contributed by atoms with E-state index < -0.39 is 12.1 Å². The molecule has 0 unspecified atom stereocenters. The number of rotatable bonds is 4. The number of amides is 2. The van der Waals surface area contributed by atoms with Crippen LogP contribution in [0.15, 0.2) is 107 Å². The van der Waals surface area contributed by atoms with E-state index in [1.165, 1.54) is 0 Å². The summed E-state index contributed by atoms with van der Waals surface area (Å²) in [4.78, 5) is 29.8. The molecule has 0 radical (unpaired) electrons. The largest absolute Gasteiger partial charge is 0.496 e. The number of hydrogen-bond acceptors (Lipinski definition) is 5. The van der Waals surface area contributed by atoms with Gasteiger partial charge in [0, 0.05) is 39.9 Å². The Morgan fingerprint density at radius 3 is 2.54 bits per heavy atom. The number of nitrogens with zero attached hydrogens (tertiary/aromatic N) is 1. The predicted molar refractivity (Wildman–Crippen MR) is 151 cm³/mol. The van der Waals surface area contributed by atoms with E-state index in [-0.39, 0.29) is 18.1 Å². The van der Waals surface area contributed by atoms with Crippen molar-refractivity contribution in [2.24, 2.45) is 0 Å². The fourth-order valence-electron chi connectivity index (χ4n) is 5.44. The molecule has 2 N–H and O–H groups in total. The van der Waals surface area contributed by atoms with E-state index in [2.05, 4.69) is 10.6 Å². The summed E-state index contributed by atoms with van der Waals surface area (Å²) in [6.45, 7) is 0. The number of hydrogen-bond donors (Lipinski definition) is 2. The van der Waals surface area contributed by atoms with Crippen LogP contribution in [0.2, 0.25) is 5.02 Å². The lowest BCUT2D eigenvalue weighted by Gasteiger charge is -2.35. The van der Waals surface area contributed by atoms with Gasteiger partial charge in [0.15, 0.2) is 5.78 Å². The molecule has 3 aromatic carbocycles. The number of halogens is 1. The minimum atomic E-state index is -0.746. The van der Waals surface area contributed by atoms with Crippen molar-refractivity contribution in [2.45, 2.75) is 24.8 Å². The number of furan rings is 1. The molecule has 39 heavy (non-hydrogen) atoms. The van der Waals surface area contributed by atoms with Crippen molar-refractivity contribution in [2.75, 3.05) is 22.6 Å². The van der Waals surface area contributed by atoms with Gasteiger partial charge in [-0.3, -0.25) is 9.69 Å². The Hall–Kier alpha value is -4.49. The lowest BCUT2D eigenvalue weighted by Crippen LogP contribution is -2.41. The van der Waals surface area contributed by atoms with E-state index in [0.717, 1.165) is 17.1 Å². The van der Waals surface area contributed by atoms with Crippen molar-refractivity contribution < 1.29 is 18.7 Å². The molecule has 4 aromatic rings. The highest BCUT2D eigenvalue weighted by Gasteiger charge is 2.43. The number of Topliss-reactive ketones (excluding diaryl/α,β-unsaturated/α-hetero) is 1. The molecular formula is C31H26ClN3O4. The summed E-state index contributed by atoms with van der Waals surface area (Å²) in [6.07, 6.45) is 2.45. The summed E-state index contributed by atoms with van der Waals surface area (Å²) < 4.78 is 11.4. The molecule has 196 valence electrons. The van der Waals surface area contributed by atoms with Gasteiger partial charge in [-0.2, -0.15) is 0 Å². The number of carbonyl (C=O) groups is 2. The van der Waals surface area contributed by atoms with Crippen LogP contribution in [0.1, 0.15) is 36.1 Å². The van der Waals surface area contributed by atoms with Crippen LogP contribution in [0.4, 0.5) is 21.9 Å². The van der Waals surface area contributed by atoms with Crippen LogP contribution in [-0.2, 0) is 4.79 Å². The molecule has 0 fully saturated rings. The summed E-state index contributed by atoms with van der Waals surface area (Å²) in [5.74, 6) is 1.18. The minimum absolute atomic E-state index is 0.0573. The monoisotopic (exact) mass is 539 g/mol. The zero-order valence-corrected chi connectivity index (χ0v) is 21.9. The first kappa shape index (κ1) is 24.8. The topological polar surface area (TPSA) is 83.8 Å². The van der Waals surface area contributed by atoms with Crippen molar-refractivity contribution in [3.05, 3.63) is 119 Å². The normalized spacial score (nSPS) is 18.5. The molecule has 0 bridgehead atoms. The third-order valence-corrected chi connectivity index (χ3v) is 7.43. The van der Waals surface area contributed by atoms with E-state index >= 15 is 0 Å². The molecule has 2 aliphatic rings. The Labute approximate surface area is 231 Å². The van der Waals surface area contributed by atoms with Crippen molar-refractivity contribution in [3.63, 3.8) is 0 Å². The van der Waals surface area contributed by atoms with Crippen LogP contribution < -0.4 is 20.3 Å². The number of allylic oxidation sites excluding steroid dienone is 1. The molecule has 1 aliphatic heterocycles. The molecule has 0 saturated heterocycles. The van der Waals surface area contributed by atoms with Crippen molar-refractivity contribution in [1.82, 2.24) is 0 Å². The Morgan fingerprint density at radius 1 is 1.00 bits per heavy atom. The summed E-state index contributed by atoms with van der Waals surface area (Å²) in [6, 6.07) is 24.6. The lowest BCUT2D eigenvalue weighted by atomic mass is 9.80. The van der Waals surface area contributed by atoms with Gasteiger partial charge in [-0.15, -0.1) is 0 Å². The number of ether oxygens (including phenoxy) is 1. The molecule has 2 heterocycles. The Morgan fingerprint density at radius 2 is 1.77 bits per heavy atom. The van der Waals surface area contributed by atoms with Crippen LogP contribution in [0.3, 0.4) is 0 Å². The zero-order valence-electron chi connectivity index (χ0n) is 21.2. The van der Waals surface area contributed by atoms with E-state index in [4.69, 9.17) is 20.8 Å². The summed E-state index contributed by atoms with van der Waals surface area (Å²) >= 11 is 6.07. The van der Waals surface area contributed by atoms with Gasteiger partial charge in [0.1, 0.15) is 11.5 Å². The predicted octanol–water partition coefficient (Wildman–Crippen LogP) is 7.55. The van der Waals surface area contributed by atoms with Crippen molar-refractivity contribution in [1.29, 1.82) is 0 Å². The molecule has 6 rings (SSSR count). The first-order valence-electron chi connectivity index (χ1n) is 12.7. The quantitative estimate of drug-likeness (QED) is 0.280. The van der Waals surface area contributed by atoms with E-state index in [9.17, 15) is 9.59 Å². The maximum Gasteiger partial charge on any atom is 0.327 e. The maximum absolute atomic E-state index is 14.1. The van der Waals surface area contributed by atoms with Crippen LogP contribution in [0, 0.1) is 0 Å². The number of carbonyl (C=O) groups excluding carboxylic acids is 2. The number of nitrogens with one attached hydrogen (secondary N) is 2. The number of benzene rings is 3. The van der Waals surface area contributed by atoms with Crippen LogP contribution in [-0.4, -0.2) is 18.9 Å². The minimum Gasteiger partial charge on any atom is -0.496 e. The molecule has 2 amide bonds. The fourth-order valence-corrected chi connectivity index (χ4v) is 5.57. The standard InChI is InChI=1S/C31H26ClN3O4/c1-38-28-10-5-2-7-22(28)30-29-24(17-19(18-26(29)36)27-11-6-16-39-27)34-23-8-3-4-9-25(23)35(30)31(37)33-21-14-12-20(32)13-15-21/h2-16,19,30,34H,17-18H2,1H3,(H,33,37)/t19-,30+/m1/s1. The van der Waals surface area contributed by atoms with Gasteiger partial charge < -0.3 is 19.8 Å². The second-order valence-electron chi connectivity index (χ2n) is 9.53. The second-order valence-corrected chi connectivity index (χ2v) is 9.97. The average molecular weight is 540 g/mol. The van der Waals surface area contributed by atoms with Gasteiger partial charge in [-0.25, -0.2) is 4.79 Å². The highest BCUT2D eigenvalue weighted by molar-refractivity contribution is 6.30. The summed E-state index contributed by atoms with van der Waals surface area (Å²) in [5.41, 5.74) is 3.95. The highest BCUT2D eigenvalue weighted by atomic mass is 35.5. The highest BCUT2D eigenvalue weighted by Crippen LogP contribution is 2.49. The molecular weight excluding hydrogens is 514 g/mol. The molecule has 8 heteroatoms. The lowest BCUT2D eigenvalue weighted by molar-refractivity contribution is -0.116. The molecule has 2 atom stereocenters. The first-order chi connectivity index (χ1) is 19.0. The fraction of sp³-hybridized carbons (Fsp3) is 0.161. The van der Waals surface area contributed by atoms with Crippen LogP contribution in [0.25, 0.3) is 0 Å². The number of methoxy groups -OCH3 is 1. The van der Waals surface area contributed by atoms with E-state index in [1.54, 1.807) is 42.5 Å². The molecule has 1 aromatic heterocycles. The van der Waals surface area contributed by atoms with Crippen molar-refractivity contribution >= 4 is 40.5 Å². The third-order valence-electron chi connectivity index (χ3n) is 7.18. The van der Waals surface area contributed by atoms with Gasteiger partial charge in [0.05, 0.1) is 30.8 Å². The maximum atomic E-state index is 14.1. The van der Waals surface area contributed by atoms with Crippen molar-refractivity contribution in [3.8, 4) is 5.75 Å².